The lowest BCUT2D eigenvalue weighted by atomic mass is 10.2. The molecule has 9 heteroatoms. The monoisotopic (exact) mass is 465 g/mol. The van der Waals surface area contributed by atoms with E-state index >= 15 is 0 Å². The molecule has 0 aliphatic heterocycles. The molecule has 2 aromatic carbocycles. The first-order chi connectivity index (χ1) is 16.0. The van der Waals surface area contributed by atoms with E-state index in [9.17, 15) is 0 Å². The Hall–Kier alpha value is -3.33. The van der Waals surface area contributed by atoms with Crippen LogP contribution in [-0.2, 0) is 0 Å². The Morgan fingerprint density at radius 2 is 1.82 bits per heavy atom. The molecule has 0 N–H and O–H groups in total. The van der Waals surface area contributed by atoms with Gasteiger partial charge in [0, 0.05) is 17.2 Å². The smallest absolute Gasteiger partial charge is 0.239 e. The molecular formula is C24H27N5O3S. The average Bonchev–Trinajstić information content (AvgIpc) is 3.48. The molecule has 0 saturated heterocycles. The van der Waals surface area contributed by atoms with E-state index in [0.29, 0.717) is 29.3 Å². The van der Waals surface area contributed by atoms with Crippen molar-refractivity contribution in [3.63, 3.8) is 0 Å². The van der Waals surface area contributed by atoms with Crippen LogP contribution in [0.25, 0.3) is 17.1 Å². The first kappa shape index (κ1) is 22.8. The molecule has 1 unspecified atom stereocenters. The topological polar surface area (TPSA) is 88.1 Å². The summed E-state index contributed by atoms with van der Waals surface area (Å²) in [6, 6.07) is 15.7. The molecule has 0 fully saturated rings. The molecule has 4 rings (SSSR count). The molecule has 0 spiro atoms. The van der Waals surface area contributed by atoms with Gasteiger partial charge < -0.3 is 14.0 Å². The minimum absolute atomic E-state index is 0.103. The zero-order chi connectivity index (χ0) is 23.4. The van der Waals surface area contributed by atoms with Gasteiger partial charge in [-0.15, -0.1) is 10.2 Å². The number of rotatable bonds is 9. The maximum atomic E-state index is 5.61. The van der Waals surface area contributed by atoms with Gasteiger partial charge in [-0.2, -0.15) is 4.98 Å². The second-order valence-electron chi connectivity index (χ2n) is 7.71. The molecular weight excluding hydrogens is 438 g/mol. The summed E-state index contributed by atoms with van der Waals surface area (Å²) in [5.41, 5.74) is 1.82. The molecule has 172 valence electrons. The Balaban J connectivity index is 1.73. The highest BCUT2D eigenvalue weighted by Gasteiger charge is 2.23. The van der Waals surface area contributed by atoms with Crippen LogP contribution >= 0.6 is 11.8 Å². The summed E-state index contributed by atoms with van der Waals surface area (Å²) < 4.78 is 18.5. The molecule has 8 nitrogen and oxygen atoms in total. The Morgan fingerprint density at radius 3 is 2.48 bits per heavy atom. The van der Waals surface area contributed by atoms with Crippen LogP contribution in [0.5, 0.6) is 11.5 Å². The van der Waals surface area contributed by atoms with Crippen molar-refractivity contribution in [2.24, 2.45) is 0 Å². The number of nitrogens with zero attached hydrogens (tertiary/aromatic N) is 5. The summed E-state index contributed by atoms with van der Waals surface area (Å²) >= 11 is 1.51. The lowest BCUT2D eigenvalue weighted by molar-refractivity contribution is 0.340. The Labute approximate surface area is 197 Å². The second-order valence-corrected chi connectivity index (χ2v) is 9.01. The van der Waals surface area contributed by atoms with E-state index in [2.05, 4.69) is 20.3 Å². The number of benzene rings is 2. The van der Waals surface area contributed by atoms with Crippen molar-refractivity contribution in [1.29, 1.82) is 0 Å². The van der Waals surface area contributed by atoms with Gasteiger partial charge in [-0.3, -0.25) is 4.57 Å². The van der Waals surface area contributed by atoms with E-state index in [1.807, 2.05) is 80.8 Å². The number of methoxy groups -OCH3 is 1. The fraction of sp³-hybridized carbons (Fsp3) is 0.333. The van der Waals surface area contributed by atoms with Crippen molar-refractivity contribution >= 4 is 11.8 Å². The van der Waals surface area contributed by atoms with Crippen LogP contribution < -0.4 is 9.47 Å². The van der Waals surface area contributed by atoms with Crippen molar-refractivity contribution < 1.29 is 14.0 Å². The van der Waals surface area contributed by atoms with Gasteiger partial charge in [0.2, 0.25) is 5.89 Å². The van der Waals surface area contributed by atoms with E-state index in [1.165, 1.54) is 11.8 Å². The first-order valence-corrected chi connectivity index (χ1v) is 11.7. The van der Waals surface area contributed by atoms with Crippen LogP contribution in [-0.4, -0.2) is 38.6 Å². The summed E-state index contributed by atoms with van der Waals surface area (Å²) in [5, 5.41) is 13.7. The molecule has 0 amide bonds. The largest absolute Gasteiger partial charge is 0.497 e. The van der Waals surface area contributed by atoms with Gasteiger partial charge in [0.25, 0.3) is 0 Å². The highest BCUT2D eigenvalue weighted by Crippen LogP contribution is 2.37. The predicted octanol–water partition coefficient (Wildman–Crippen LogP) is 5.70. The van der Waals surface area contributed by atoms with Crippen molar-refractivity contribution in [3.8, 4) is 28.6 Å². The standard InChI is InChI=1S/C24H27N5O3S/c1-6-31-19-12-10-18(11-13-19)29-22(17-8-7-9-20(14-17)30-5)26-27-24(29)33-16(4)23-25-21(15(2)3)28-32-23/h7-16H,6H2,1-5H3. The van der Waals surface area contributed by atoms with Gasteiger partial charge in [-0.25, -0.2) is 0 Å². The van der Waals surface area contributed by atoms with Crippen LogP contribution in [0.15, 0.2) is 58.2 Å². The van der Waals surface area contributed by atoms with E-state index in [4.69, 9.17) is 14.0 Å². The highest BCUT2D eigenvalue weighted by atomic mass is 32.2. The van der Waals surface area contributed by atoms with Gasteiger partial charge in [0.15, 0.2) is 16.8 Å². The van der Waals surface area contributed by atoms with Crippen LogP contribution in [0.1, 0.15) is 50.6 Å². The summed E-state index contributed by atoms with van der Waals surface area (Å²) in [6.45, 7) is 8.67. The summed E-state index contributed by atoms with van der Waals surface area (Å²) in [7, 11) is 1.65. The van der Waals surface area contributed by atoms with Crippen molar-refractivity contribution in [2.75, 3.05) is 13.7 Å². The van der Waals surface area contributed by atoms with Crippen molar-refractivity contribution in [3.05, 3.63) is 60.2 Å². The third-order valence-corrected chi connectivity index (χ3v) is 6.00. The summed E-state index contributed by atoms with van der Waals surface area (Å²) in [4.78, 5) is 4.54. The Bertz CT molecular complexity index is 1200. The zero-order valence-electron chi connectivity index (χ0n) is 19.3. The minimum atomic E-state index is -0.103. The fourth-order valence-electron chi connectivity index (χ4n) is 3.24. The molecule has 33 heavy (non-hydrogen) atoms. The molecule has 2 aromatic heterocycles. The van der Waals surface area contributed by atoms with Gasteiger partial charge in [-0.1, -0.05) is 42.9 Å². The maximum Gasteiger partial charge on any atom is 0.239 e. The summed E-state index contributed by atoms with van der Waals surface area (Å²) in [6.07, 6.45) is 0. The molecule has 0 saturated carbocycles. The van der Waals surface area contributed by atoms with E-state index < -0.39 is 0 Å². The normalized spacial score (nSPS) is 12.2. The number of thioether (sulfide) groups is 1. The maximum absolute atomic E-state index is 5.61. The van der Waals surface area contributed by atoms with E-state index in [0.717, 1.165) is 22.7 Å². The molecule has 0 radical (unpaired) electrons. The van der Waals surface area contributed by atoms with E-state index in [-0.39, 0.29) is 11.2 Å². The van der Waals surface area contributed by atoms with E-state index in [1.54, 1.807) is 7.11 Å². The lowest BCUT2D eigenvalue weighted by Crippen LogP contribution is -2.02. The van der Waals surface area contributed by atoms with Gasteiger partial charge in [0.05, 0.1) is 19.0 Å². The van der Waals surface area contributed by atoms with Gasteiger partial charge in [0.1, 0.15) is 11.5 Å². The van der Waals surface area contributed by atoms with Gasteiger partial charge in [-0.05, 0) is 50.2 Å². The lowest BCUT2D eigenvalue weighted by Gasteiger charge is -2.13. The average molecular weight is 466 g/mol. The van der Waals surface area contributed by atoms with Crippen LogP contribution in [0.2, 0.25) is 0 Å². The van der Waals surface area contributed by atoms with Crippen LogP contribution in [0, 0.1) is 0 Å². The number of hydrogen-bond acceptors (Lipinski definition) is 8. The molecule has 4 aromatic rings. The molecule has 2 heterocycles. The SMILES string of the molecule is CCOc1ccc(-n2c(SC(C)c3nc(C(C)C)no3)nnc2-c2cccc(OC)c2)cc1. The van der Waals surface area contributed by atoms with Crippen LogP contribution in [0.4, 0.5) is 0 Å². The molecule has 0 aliphatic rings. The molecule has 0 bridgehead atoms. The molecule has 1 atom stereocenters. The summed E-state index contributed by atoms with van der Waals surface area (Å²) in [5.74, 6) is 3.73. The van der Waals surface area contributed by atoms with Crippen LogP contribution in [0.3, 0.4) is 0 Å². The third-order valence-electron chi connectivity index (χ3n) is 4.97. The number of aromatic nitrogens is 5. The second kappa shape index (κ2) is 10.1. The molecule has 0 aliphatic carbocycles. The minimum Gasteiger partial charge on any atom is -0.497 e. The first-order valence-electron chi connectivity index (χ1n) is 10.8. The van der Waals surface area contributed by atoms with Crippen molar-refractivity contribution in [2.45, 2.75) is 44.0 Å². The Kier molecular flexibility index (Phi) is 6.98. The number of hydrogen-bond donors (Lipinski definition) is 0. The highest BCUT2D eigenvalue weighted by molar-refractivity contribution is 7.99. The fourth-order valence-corrected chi connectivity index (χ4v) is 4.14. The number of ether oxygens (including phenoxy) is 2. The quantitative estimate of drug-likeness (QED) is 0.291. The zero-order valence-corrected chi connectivity index (χ0v) is 20.2. The predicted molar refractivity (Wildman–Crippen MR) is 127 cm³/mol. The Morgan fingerprint density at radius 1 is 1.03 bits per heavy atom. The third kappa shape index (κ3) is 5.03. The van der Waals surface area contributed by atoms with Crippen molar-refractivity contribution in [1.82, 2.24) is 24.9 Å². The van der Waals surface area contributed by atoms with Gasteiger partial charge >= 0.3 is 0 Å².